The molecule has 1 atom stereocenters. The van der Waals surface area contributed by atoms with Crippen molar-refractivity contribution in [3.05, 3.63) is 0 Å². The van der Waals surface area contributed by atoms with Crippen LogP contribution in [0.25, 0.3) is 0 Å². The van der Waals surface area contributed by atoms with E-state index in [1.165, 1.54) is 32.1 Å². The molecule has 4 heteroatoms. The van der Waals surface area contributed by atoms with E-state index in [9.17, 15) is 4.79 Å². The molecule has 4 nitrogen and oxygen atoms in total. The Morgan fingerprint density at radius 3 is 2.78 bits per heavy atom. The lowest BCUT2D eigenvalue weighted by Gasteiger charge is -2.54. The van der Waals surface area contributed by atoms with Crippen LogP contribution in [-0.4, -0.2) is 36.0 Å². The van der Waals surface area contributed by atoms with Gasteiger partial charge in [-0.15, -0.1) is 0 Å². The Hall–Kier alpha value is -1.08. The van der Waals surface area contributed by atoms with Gasteiger partial charge in [0.2, 0.25) is 5.91 Å². The second-order valence-electron chi connectivity index (χ2n) is 6.21. The molecule has 0 radical (unpaired) electrons. The summed E-state index contributed by atoms with van der Waals surface area (Å²) in [5.41, 5.74) is 0.656. The van der Waals surface area contributed by atoms with Crippen molar-refractivity contribution in [2.45, 2.75) is 57.0 Å². The van der Waals surface area contributed by atoms with Crippen LogP contribution in [0.4, 0.5) is 0 Å². The first-order valence-corrected chi connectivity index (χ1v) is 7.15. The Kier molecular flexibility index (Phi) is 3.03. The summed E-state index contributed by atoms with van der Waals surface area (Å²) >= 11 is 0. The zero-order chi connectivity index (χ0) is 12.6. The van der Waals surface area contributed by atoms with Gasteiger partial charge in [0.25, 0.3) is 0 Å². The van der Waals surface area contributed by atoms with Gasteiger partial charge in [0.05, 0.1) is 12.6 Å². The molecule has 18 heavy (non-hydrogen) atoms. The van der Waals surface area contributed by atoms with Crippen LogP contribution in [0.2, 0.25) is 0 Å². The van der Waals surface area contributed by atoms with E-state index in [0.717, 1.165) is 19.4 Å². The third-order valence-electron chi connectivity index (χ3n) is 5.04. The predicted octanol–water partition coefficient (Wildman–Crippen LogP) is 1.42. The lowest BCUT2D eigenvalue weighted by Crippen LogP contribution is -2.54. The van der Waals surface area contributed by atoms with E-state index < -0.39 is 0 Å². The summed E-state index contributed by atoms with van der Waals surface area (Å²) in [6.45, 7) is 1.17. The summed E-state index contributed by atoms with van der Waals surface area (Å²) in [5, 5.41) is 12.3. The van der Waals surface area contributed by atoms with Crippen molar-refractivity contribution in [1.82, 2.24) is 10.2 Å². The predicted molar refractivity (Wildman–Crippen MR) is 67.7 cm³/mol. The fourth-order valence-electron chi connectivity index (χ4n) is 3.75. The molecule has 1 N–H and O–H groups in total. The number of carbonyl (C=O) groups is 1. The van der Waals surface area contributed by atoms with Crippen molar-refractivity contribution in [3.63, 3.8) is 0 Å². The minimum Gasteiger partial charge on any atom is -0.326 e. The van der Waals surface area contributed by atoms with Crippen molar-refractivity contribution in [3.8, 4) is 6.07 Å². The molecule has 1 aliphatic heterocycles. The number of nitriles is 1. The Morgan fingerprint density at radius 2 is 2.17 bits per heavy atom. The van der Waals surface area contributed by atoms with Crippen LogP contribution >= 0.6 is 0 Å². The number of rotatable bonds is 3. The zero-order valence-corrected chi connectivity index (χ0v) is 10.8. The Bertz CT molecular complexity index is 375. The summed E-state index contributed by atoms with van der Waals surface area (Å²) < 4.78 is 0. The van der Waals surface area contributed by atoms with Gasteiger partial charge in [0.1, 0.15) is 6.04 Å². The molecule has 0 bridgehead atoms. The number of nitrogens with zero attached hydrogens (tertiary/aromatic N) is 2. The maximum atomic E-state index is 12.0. The van der Waals surface area contributed by atoms with Gasteiger partial charge in [-0.2, -0.15) is 5.26 Å². The molecule has 2 saturated carbocycles. The molecule has 0 aromatic heterocycles. The summed E-state index contributed by atoms with van der Waals surface area (Å²) in [6, 6.07) is 2.58. The van der Waals surface area contributed by atoms with Crippen molar-refractivity contribution in [2.75, 3.05) is 13.1 Å². The van der Waals surface area contributed by atoms with E-state index >= 15 is 0 Å². The van der Waals surface area contributed by atoms with E-state index in [1.807, 2.05) is 0 Å². The normalized spacial score (nSPS) is 29.7. The molecule has 3 fully saturated rings. The zero-order valence-electron chi connectivity index (χ0n) is 10.8. The number of likely N-dealkylation sites (tertiary alicyclic amines) is 1. The second-order valence-corrected chi connectivity index (χ2v) is 6.21. The van der Waals surface area contributed by atoms with Crippen LogP contribution in [-0.2, 0) is 4.79 Å². The molecule has 0 aromatic carbocycles. The van der Waals surface area contributed by atoms with Crippen LogP contribution in [0.3, 0.4) is 0 Å². The maximum absolute atomic E-state index is 12.0. The summed E-state index contributed by atoms with van der Waals surface area (Å²) in [6.07, 6.45) is 8.49. The molecule has 1 heterocycles. The minimum atomic E-state index is -0.182. The maximum Gasteiger partial charge on any atom is 0.237 e. The molecule has 1 amide bonds. The standard InChI is InChI=1S/C14H21N3O/c15-9-12-3-1-6-17(12)13(18)10-16-11-7-14(8-11)4-2-5-14/h11-12,16H,1-8,10H2/t12-/m0/s1. The SMILES string of the molecule is N#C[C@@H]1CCCN1C(=O)CNC1CC2(CCC2)C1. The fraction of sp³-hybridized carbons (Fsp3) is 0.857. The third kappa shape index (κ3) is 2.01. The summed E-state index contributed by atoms with van der Waals surface area (Å²) in [7, 11) is 0. The van der Waals surface area contributed by atoms with Gasteiger partial charge in [-0.3, -0.25) is 4.79 Å². The van der Waals surface area contributed by atoms with Crippen LogP contribution < -0.4 is 5.32 Å². The van der Waals surface area contributed by atoms with Crippen molar-refractivity contribution >= 4 is 5.91 Å². The molecule has 0 unspecified atom stereocenters. The molecular weight excluding hydrogens is 226 g/mol. The largest absolute Gasteiger partial charge is 0.326 e. The molecule has 98 valence electrons. The Balaban J connectivity index is 1.41. The summed E-state index contributed by atoms with van der Waals surface area (Å²) in [5.74, 6) is 0.105. The van der Waals surface area contributed by atoms with E-state index in [4.69, 9.17) is 5.26 Å². The van der Waals surface area contributed by atoms with Crippen LogP contribution in [0, 0.1) is 16.7 Å². The van der Waals surface area contributed by atoms with Gasteiger partial charge < -0.3 is 10.2 Å². The fourth-order valence-corrected chi connectivity index (χ4v) is 3.75. The van der Waals surface area contributed by atoms with Crippen molar-refractivity contribution in [2.24, 2.45) is 5.41 Å². The highest BCUT2D eigenvalue weighted by atomic mass is 16.2. The minimum absolute atomic E-state index is 0.105. The lowest BCUT2D eigenvalue weighted by molar-refractivity contribution is -0.130. The third-order valence-corrected chi connectivity index (χ3v) is 5.04. The molecule has 3 rings (SSSR count). The van der Waals surface area contributed by atoms with Crippen LogP contribution in [0.1, 0.15) is 44.9 Å². The Labute approximate surface area is 108 Å². The molecule has 1 saturated heterocycles. The number of amides is 1. The molecular formula is C14H21N3O. The molecule has 1 spiro atoms. The Morgan fingerprint density at radius 1 is 1.39 bits per heavy atom. The average molecular weight is 247 g/mol. The van der Waals surface area contributed by atoms with E-state index in [-0.39, 0.29) is 11.9 Å². The van der Waals surface area contributed by atoms with Gasteiger partial charge in [0.15, 0.2) is 0 Å². The number of carbonyl (C=O) groups excluding carboxylic acids is 1. The van der Waals surface area contributed by atoms with Gasteiger partial charge >= 0.3 is 0 Å². The first kappa shape index (κ1) is 12.0. The highest BCUT2D eigenvalue weighted by molar-refractivity contribution is 5.79. The van der Waals surface area contributed by atoms with Crippen LogP contribution in [0.15, 0.2) is 0 Å². The smallest absolute Gasteiger partial charge is 0.237 e. The van der Waals surface area contributed by atoms with Gasteiger partial charge in [-0.1, -0.05) is 6.42 Å². The van der Waals surface area contributed by atoms with Gasteiger partial charge in [0, 0.05) is 12.6 Å². The molecule has 2 aliphatic carbocycles. The topological polar surface area (TPSA) is 56.1 Å². The molecule has 0 aromatic rings. The summed E-state index contributed by atoms with van der Waals surface area (Å²) in [4.78, 5) is 13.8. The number of hydrogen-bond acceptors (Lipinski definition) is 3. The van der Waals surface area contributed by atoms with E-state index in [1.54, 1.807) is 4.90 Å². The number of hydrogen-bond donors (Lipinski definition) is 1. The van der Waals surface area contributed by atoms with Gasteiger partial charge in [-0.05, 0) is 43.9 Å². The van der Waals surface area contributed by atoms with Gasteiger partial charge in [-0.25, -0.2) is 0 Å². The van der Waals surface area contributed by atoms with Crippen LogP contribution in [0.5, 0.6) is 0 Å². The quantitative estimate of drug-likeness (QED) is 0.820. The van der Waals surface area contributed by atoms with E-state index in [2.05, 4.69) is 11.4 Å². The first-order valence-electron chi connectivity index (χ1n) is 7.15. The second kappa shape index (κ2) is 4.55. The highest BCUT2D eigenvalue weighted by Crippen LogP contribution is 2.55. The van der Waals surface area contributed by atoms with E-state index in [0.29, 0.717) is 18.0 Å². The van der Waals surface area contributed by atoms with Crippen molar-refractivity contribution < 1.29 is 4.79 Å². The first-order chi connectivity index (χ1) is 8.72. The number of nitrogens with one attached hydrogen (secondary N) is 1. The van der Waals surface area contributed by atoms with Crippen molar-refractivity contribution in [1.29, 1.82) is 5.26 Å². The lowest BCUT2D eigenvalue weighted by atomic mass is 9.54. The molecule has 3 aliphatic rings. The monoisotopic (exact) mass is 247 g/mol. The highest BCUT2D eigenvalue weighted by Gasteiger charge is 2.47. The average Bonchev–Trinajstić information content (AvgIpc) is 2.72.